The molecule has 35 heavy (non-hydrogen) atoms. The van der Waals surface area contributed by atoms with Crippen molar-refractivity contribution in [3.8, 4) is 0 Å². The van der Waals surface area contributed by atoms with Crippen molar-refractivity contribution in [2.75, 3.05) is 20.1 Å². The third-order valence-corrected chi connectivity index (χ3v) is 9.00. The van der Waals surface area contributed by atoms with E-state index in [0.29, 0.717) is 30.3 Å². The lowest BCUT2D eigenvalue weighted by Crippen LogP contribution is -2.56. The van der Waals surface area contributed by atoms with Gasteiger partial charge in [-0.2, -0.15) is 5.10 Å². The highest BCUT2D eigenvalue weighted by molar-refractivity contribution is 5.84. The Morgan fingerprint density at radius 1 is 1.09 bits per heavy atom. The first kappa shape index (κ1) is 22.7. The number of hydrogen-bond donors (Lipinski definition) is 1. The van der Waals surface area contributed by atoms with Crippen molar-refractivity contribution >= 4 is 16.8 Å². The number of aromatic amines is 1. The zero-order chi connectivity index (χ0) is 24.0. The Balaban J connectivity index is 1.21. The van der Waals surface area contributed by atoms with Crippen molar-refractivity contribution in [1.82, 2.24) is 20.0 Å². The number of hydrogen-bond acceptors (Lipinski definition) is 3. The zero-order valence-corrected chi connectivity index (χ0v) is 20.5. The highest BCUT2D eigenvalue weighted by Gasteiger charge is 2.50. The summed E-state index contributed by atoms with van der Waals surface area (Å²) in [4.78, 5) is 19.0. The highest BCUT2D eigenvalue weighted by atomic mass is 19.1. The van der Waals surface area contributed by atoms with Crippen molar-refractivity contribution in [2.24, 2.45) is 11.3 Å². The Hall–Kier alpha value is -2.73. The third-order valence-electron chi connectivity index (χ3n) is 9.00. The molecule has 3 aromatic rings. The summed E-state index contributed by atoms with van der Waals surface area (Å²) in [5.41, 5.74) is 3.16. The van der Waals surface area contributed by atoms with Crippen LogP contribution in [0.3, 0.4) is 0 Å². The summed E-state index contributed by atoms with van der Waals surface area (Å²) in [6, 6.07) is 13.9. The molecule has 1 aromatic heterocycles. The first-order valence-corrected chi connectivity index (χ1v) is 13.2. The number of aromatic nitrogens is 2. The van der Waals surface area contributed by atoms with Crippen LogP contribution in [0, 0.1) is 17.2 Å². The molecule has 2 unspecified atom stereocenters. The number of benzene rings is 2. The van der Waals surface area contributed by atoms with E-state index in [1.165, 1.54) is 23.1 Å². The molecular weight excluding hydrogens is 439 g/mol. The fourth-order valence-electron chi connectivity index (χ4n) is 7.09. The first-order valence-electron chi connectivity index (χ1n) is 13.2. The van der Waals surface area contributed by atoms with E-state index in [2.05, 4.69) is 45.2 Å². The smallest absolute Gasteiger partial charge is 0.229 e. The maximum absolute atomic E-state index is 14.3. The van der Waals surface area contributed by atoms with Crippen molar-refractivity contribution in [2.45, 2.75) is 63.5 Å². The Labute approximate surface area is 206 Å². The molecule has 0 aliphatic carbocycles. The van der Waals surface area contributed by atoms with Crippen molar-refractivity contribution in [3.63, 3.8) is 0 Å². The van der Waals surface area contributed by atoms with Crippen molar-refractivity contribution in [3.05, 3.63) is 65.6 Å². The number of H-pyrrole nitrogens is 1. The summed E-state index contributed by atoms with van der Waals surface area (Å²) in [6.07, 6.45) is 9.87. The number of piperidine rings is 2. The van der Waals surface area contributed by atoms with Gasteiger partial charge in [-0.3, -0.25) is 9.89 Å². The Kier molecular flexibility index (Phi) is 5.87. The van der Waals surface area contributed by atoms with Crippen LogP contribution in [-0.4, -0.2) is 58.1 Å². The zero-order valence-electron chi connectivity index (χ0n) is 20.5. The van der Waals surface area contributed by atoms with E-state index in [4.69, 9.17) is 0 Å². The van der Waals surface area contributed by atoms with Gasteiger partial charge in [0.25, 0.3) is 0 Å². The number of nitrogens with zero attached hydrogens (tertiary/aromatic N) is 3. The van der Waals surface area contributed by atoms with Gasteiger partial charge in [0.2, 0.25) is 5.91 Å². The number of carbonyl (C=O) groups is 1. The lowest BCUT2D eigenvalue weighted by atomic mass is 9.71. The van der Waals surface area contributed by atoms with Gasteiger partial charge in [0, 0.05) is 17.5 Å². The van der Waals surface area contributed by atoms with E-state index in [1.54, 1.807) is 0 Å². The molecule has 2 atom stereocenters. The minimum absolute atomic E-state index is 0.219. The van der Waals surface area contributed by atoms with Gasteiger partial charge in [-0.15, -0.1) is 0 Å². The number of carbonyl (C=O) groups excluding carboxylic acids is 1. The average molecular weight is 475 g/mol. The predicted octanol–water partition coefficient (Wildman–Crippen LogP) is 4.97. The summed E-state index contributed by atoms with van der Waals surface area (Å²) in [7, 11) is 2.14. The van der Waals surface area contributed by atoms with Crippen LogP contribution in [0.2, 0.25) is 0 Å². The number of halogens is 1. The third kappa shape index (κ3) is 4.26. The molecule has 3 aliphatic heterocycles. The molecule has 0 saturated carbocycles. The van der Waals surface area contributed by atoms with Crippen LogP contribution < -0.4 is 0 Å². The molecule has 0 radical (unpaired) electrons. The second-order valence-corrected chi connectivity index (χ2v) is 11.3. The summed E-state index contributed by atoms with van der Waals surface area (Å²) in [5, 5.41) is 8.55. The largest absolute Gasteiger partial charge is 0.336 e. The second kappa shape index (κ2) is 9.05. The fourth-order valence-corrected chi connectivity index (χ4v) is 7.09. The Morgan fingerprint density at radius 2 is 1.80 bits per heavy atom. The number of fused-ring (bicyclic) bond motifs is 3. The molecule has 3 fully saturated rings. The quantitative estimate of drug-likeness (QED) is 0.568. The summed E-state index contributed by atoms with van der Waals surface area (Å²) in [6.45, 7) is 1.88. The molecule has 4 heterocycles. The highest BCUT2D eigenvalue weighted by Crippen LogP contribution is 2.45. The minimum Gasteiger partial charge on any atom is -0.336 e. The summed E-state index contributed by atoms with van der Waals surface area (Å²) >= 11 is 0. The van der Waals surface area contributed by atoms with Gasteiger partial charge in [-0.25, -0.2) is 4.39 Å². The van der Waals surface area contributed by atoms with E-state index in [0.717, 1.165) is 69.1 Å². The monoisotopic (exact) mass is 474 g/mol. The van der Waals surface area contributed by atoms with Crippen molar-refractivity contribution < 1.29 is 9.18 Å². The molecule has 6 rings (SSSR count). The van der Waals surface area contributed by atoms with Crippen LogP contribution in [0.25, 0.3) is 10.9 Å². The average Bonchev–Trinajstić information content (AvgIpc) is 3.45. The predicted molar refractivity (Wildman–Crippen MR) is 135 cm³/mol. The van der Waals surface area contributed by atoms with Crippen LogP contribution in [0.5, 0.6) is 0 Å². The topological polar surface area (TPSA) is 52.2 Å². The van der Waals surface area contributed by atoms with Crippen LogP contribution in [0.1, 0.15) is 49.7 Å². The van der Waals surface area contributed by atoms with E-state index in [-0.39, 0.29) is 11.2 Å². The van der Waals surface area contributed by atoms with Crippen LogP contribution in [0.4, 0.5) is 4.39 Å². The van der Waals surface area contributed by atoms with Crippen LogP contribution >= 0.6 is 0 Å². The number of likely N-dealkylation sites (tertiary alicyclic amines) is 1. The minimum atomic E-state index is -0.375. The number of amides is 1. The second-order valence-electron chi connectivity index (χ2n) is 11.3. The lowest BCUT2D eigenvalue weighted by Gasteiger charge is -2.47. The standard InChI is InChI=1S/C29H35FN4O/c1-33-13-11-29(12-14-33,18-20-5-7-23(30)8-6-20)28(35)34-24-9-10-25(34)17-21(16-24)15-22-3-2-4-27-26(22)19-31-32-27/h2-8,19,21,24-25H,9-18H2,1H3,(H,31,32). The molecule has 2 bridgehead atoms. The van der Waals surface area contributed by atoms with Gasteiger partial charge in [0.05, 0.1) is 17.1 Å². The molecular formula is C29H35FN4O. The molecule has 1 N–H and O–H groups in total. The maximum atomic E-state index is 14.3. The van der Waals surface area contributed by atoms with Crippen LogP contribution in [-0.2, 0) is 17.6 Å². The van der Waals surface area contributed by atoms with E-state index in [9.17, 15) is 9.18 Å². The number of rotatable bonds is 5. The van der Waals surface area contributed by atoms with Gasteiger partial charge in [-0.1, -0.05) is 24.3 Å². The van der Waals surface area contributed by atoms with Gasteiger partial charge in [0.15, 0.2) is 0 Å². The summed E-state index contributed by atoms with van der Waals surface area (Å²) in [5.74, 6) is 0.740. The van der Waals surface area contributed by atoms with E-state index < -0.39 is 0 Å². The first-order chi connectivity index (χ1) is 17.0. The van der Waals surface area contributed by atoms with Crippen molar-refractivity contribution in [1.29, 1.82) is 0 Å². The molecule has 3 saturated heterocycles. The fraction of sp³-hybridized carbons (Fsp3) is 0.517. The Morgan fingerprint density at radius 3 is 2.51 bits per heavy atom. The molecule has 184 valence electrons. The lowest BCUT2D eigenvalue weighted by molar-refractivity contribution is -0.150. The molecule has 1 amide bonds. The van der Waals surface area contributed by atoms with Gasteiger partial charge in [-0.05, 0) is 107 Å². The van der Waals surface area contributed by atoms with Gasteiger partial charge < -0.3 is 9.80 Å². The van der Waals surface area contributed by atoms with E-state index in [1.807, 2.05) is 18.3 Å². The Bertz CT molecular complexity index is 1180. The molecule has 0 spiro atoms. The molecule has 2 aromatic carbocycles. The van der Waals surface area contributed by atoms with Crippen LogP contribution in [0.15, 0.2) is 48.7 Å². The number of nitrogens with one attached hydrogen (secondary N) is 1. The van der Waals surface area contributed by atoms with Gasteiger partial charge >= 0.3 is 0 Å². The SMILES string of the molecule is CN1CCC(Cc2ccc(F)cc2)(C(=O)N2C3CCC2CC(Cc2cccc4[nH]ncc24)C3)CC1. The molecule has 3 aliphatic rings. The normalized spacial score (nSPS) is 26.3. The summed E-state index contributed by atoms with van der Waals surface area (Å²) < 4.78 is 13.5. The molecule has 6 heteroatoms. The van der Waals surface area contributed by atoms with E-state index >= 15 is 0 Å². The maximum Gasteiger partial charge on any atom is 0.229 e. The van der Waals surface area contributed by atoms with Gasteiger partial charge in [0.1, 0.15) is 5.82 Å². The molecule has 5 nitrogen and oxygen atoms in total.